The summed E-state index contributed by atoms with van der Waals surface area (Å²) < 4.78 is 38.1. The van der Waals surface area contributed by atoms with Crippen molar-refractivity contribution in [2.45, 2.75) is 13.1 Å². The zero-order valence-corrected chi connectivity index (χ0v) is 16.1. The molecule has 8 heteroatoms. The molecular weight excluding hydrogens is 391 g/mol. The molecule has 0 spiro atoms. The van der Waals surface area contributed by atoms with Crippen molar-refractivity contribution < 1.29 is 18.0 Å². The lowest BCUT2D eigenvalue weighted by atomic mass is 10.1. The number of anilines is 2. The molecule has 0 saturated carbocycles. The standard InChI is InChI=1S/C20H21ClF3N3O/c1-2-26-9-11-27(12-10-26)18-8-7-16(21)13-17(18)25-19(28)14-3-5-15(6-4-14)20(22,23)24/h3-8,13H,2,9-12H2,1H3,(H,25,28). The number of alkyl halides is 3. The summed E-state index contributed by atoms with van der Waals surface area (Å²) in [6.45, 7) is 6.59. The molecule has 4 nitrogen and oxygen atoms in total. The Kier molecular flexibility index (Phi) is 6.15. The number of benzene rings is 2. The van der Waals surface area contributed by atoms with E-state index in [-0.39, 0.29) is 5.56 Å². The van der Waals surface area contributed by atoms with Gasteiger partial charge in [0.15, 0.2) is 0 Å². The van der Waals surface area contributed by atoms with Crippen LogP contribution in [0.1, 0.15) is 22.8 Å². The summed E-state index contributed by atoms with van der Waals surface area (Å²) in [5.41, 5.74) is 0.749. The van der Waals surface area contributed by atoms with Gasteiger partial charge in [-0.15, -0.1) is 0 Å². The zero-order valence-electron chi connectivity index (χ0n) is 15.4. The molecule has 0 aromatic heterocycles. The first-order valence-corrected chi connectivity index (χ1v) is 9.41. The van der Waals surface area contributed by atoms with Gasteiger partial charge in [-0.3, -0.25) is 4.79 Å². The lowest BCUT2D eigenvalue weighted by Gasteiger charge is -2.36. The second-order valence-electron chi connectivity index (χ2n) is 6.61. The van der Waals surface area contributed by atoms with Crippen LogP contribution in [0.15, 0.2) is 42.5 Å². The summed E-state index contributed by atoms with van der Waals surface area (Å²) in [5, 5.41) is 3.26. The van der Waals surface area contributed by atoms with E-state index in [0.717, 1.165) is 50.5 Å². The fraction of sp³-hybridized carbons (Fsp3) is 0.350. The van der Waals surface area contributed by atoms with Crippen LogP contribution in [0.5, 0.6) is 0 Å². The van der Waals surface area contributed by atoms with Gasteiger partial charge in [0.05, 0.1) is 16.9 Å². The van der Waals surface area contributed by atoms with E-state index < -0.39 is 17.6 Å². The summed E-state index contributed by atoms with van der Waals surface area (Å²) in [5.74, 6) is -0.482. The Morgan fingerprint density at radius 3 is 2.29 bits per heavy atom. The van der Waals surface area contributed by atoms with Gasteiger partial charge in [0.1, 0.15) is 0 Å². The Morgan fingerprint density at radius 2 is 1.71 bits per heavy atom. The van der Waals surface area contributed by atoms with E-state index in [2.05, 4.69) is 22.0 Å². The average Bonchev–Trinajstić information content (AvgIpc) is 2.68. The summed E-state index contributed by atoms with van der Waals surface area (Å²) >= 11 is 6.10. The van der Waals surface area contributed by atoms with Crippen molar-refractivity contribution in [2.75, 3.05) is 42.9 Å². The van der Waals surface area contributed by atoms with E-state index >= 15 is 0 Å². The predicted molar refractivity (Wildman–Crippen MR) is 105 cm³/mol. The van der Waals surface area contributed by atoms with Crippen LogP contribution in [-0.2, 0) is 6.18 Å². The van der Waals surface area contributed by atoms with Crippen molar-refractivity contribution in [3.8, 4) is 0 Å². The Balaban J connectivity index is 1.78. The molecule has 1 fully saturated rings. The summed E-state index contributed by atoms with van der Waals surface area (Å²) in [6.07, 6.45) is -4.43. The van der Waals surface area contributed by atoms with E-state index in [4.69, 9.17) is 11.6 Å². The first kappa shape index (κ1) is 20.5. The highest BCUT2D eigenvalue weighted by atomic mass is 35.5. The van der Waals surface area contributed by atoms with Crippen molar-refractivity contribution in [3.05, 3.63) is 58.6 Å². The summed E-state index contributed by atoms with van der Waals surface area (Å²) in [4.78, 5) is 17.1. The van der Waals surface area contributed by atoms with Gasteiger partial charge in [0, 0.05) is 36.8 Å². The molecular formula is C20H21ClF3N3O. The molecule has 1 N–H and O–H groups in total. The highest BCUT2D eigenvalue weighted by Crippen LogP contribution is 2.31. The number of hydrogen-bond donors (Lipinski definition) is 1. The summed E-state index contributed by atoms with van der Waals surface area (Å²) in [7, 11) is 0. The van der Waals surface area contributed by atoms with Crippen molar-refractivity contribution in [3.63, 3.8) is 0 Å². The molecule has 2 aromatic rings. The highest BCUT2D eigenvalue weighted by Gasteiger charge is 2.30. The number of carbonyl (C=O) groups excluding carboxylic acids is 1. The maximum Gasteiger partial charge on any atom is 0.416 e. The molecule has 2 aromatic carbocycles. The second kappa shape index (κ2) is 8.41. The minimum absolute atomic E-state index is 0.148. The van der Waals surface area contributed by atoms with E-state index in [9.17, 15) is 18.0 Å². The maximum atomic E-state index is 12.7. The first-order chi connectivity index (χ1) is 13.3. The third kappa shape index (κ3) is 4.77. The van der Waals surface area contributed by atoms with E-state index in [1.807, 2.05) is 6.07 Å². The average molecular weight is 412 g/mol. The predicted octanol–water partition coefficient (Wildman–Crippen LogP) is 4.75. The fourth-order valence-corrected chi connectivity index (χ4v) is 3.37. The van der Waals surface area contributed by atoms with Crippen LogP contribution in [0.3, 0.4) is 0 Å². The van der Waals surface area contributed by atoms with Gasteiger partial charge in [-0.05, 0) is 49.0 Å². The van der Waals surface area contributed by atoms with Gasteiger partial charge in [0.25, 0.3) is 5.91 Å². The number of piperazine rings is 1. The third-order valence-corrected chi connectivity index (χ3v) is 5.08. The Labute approximate surface area is 166 Å². The Morgan fingerprint density at radius 1 is 1.07 bits per heavy atom. The van der Waals surface area contributed by atoms with Crippen molar-refractivity contribution in [1.29, 1.82) is 0 Å². The molecule has 1 heterocycles. The number of amides is 1. The van der Waals surface area contributed by atoms with Crippen LogP contribution in [0.4, 0.5) is 24.5 Å². The molecule has 28 heavy (non-hydrogen) atoms. The smallest absolute Gasteiger partial charge is 0.367 e. The first-order valence-electron chi connectivity index (χ1n) is 9.03. The highest BCUT2D eigenvalue weighted by molar-refractivity contribution is 6.31. The zero-order chi connectivity index (χ0) is 20.3. The van der Waals surface area contributed by atoms with Gasteiger partial charge < -0.3 is 15.1 Å². The molecule has 150 valence electrons. The van der Waals surface area contributed by atoms with Crippen LogP contribution in [-0.4, -0.2) is 43.5 Å². The molecule has 0 bridgehead atoms. The maximum absolute atomic E-state index is 12.7. The molecule has 1 amide bonds. The lowest BCUT2D eigenvalue weighted by Crippen LogP contribution is -2.46. The lowest BCUT2D eigenvalue weighted by molar-refractivity contribution is -0.137. The topological polar surface area (TPSA) is 35.6 Å². The Bertz CT molecular complexity index is 832. The minimum Gasteiger partial charge on any atom is -0.367 e. The third-order valence-electron chi connectivity index (χ3n) is 4.84. The van der Waals surface area contributed by atoms with Gasteiger partial charge >= 0.3 is 6.18 Å². The van der Waals surface area contributed by atoms with Crippen LogP contribution < -0.4 is 10.2 Å². The normalized spacial score (nSPS) is 15.5. The quantitative estimate of drug-likeness (QED) is 0.788. The molecule has 0 radical (unpaired) electrons. The molecule has 1 aliphatic rings. The number of halogens is 4. The number of hydrogen-bond acceptors (Lipinski definition) is 3. The molecule has 1 aliphatic heterocycles. The number of likely N-dealkylation sites (N-methyl/N-ethyl adjacent to an activating group) is 1. The molecule has 3 rings (SSSR count). The van der Waals surface area contributed by atoms with Crippen LogP contribution in [0.2, 0.25) is 5.02 Å². The SMILES string of the molecule is CCN1CCN(c2ccc(Cl)cc2NC(=O)c2ccc(C(F)(F)F)cc2)CC1. The largest absolute Gasteiger partial charge is 0.416 e. The number of nitrogens with one attached hydrogen (secondary N) is 1. The van der Waals surface area contributed by atoms with Gasteiger partial charge in [-0.1, -0.05) is 18.5 Å². The fourth-order valence-electron chi connectivity index (χ4n) is 3.19. The number of carbonyl (C=O) groups is 1. The van der Waals surface area contributed by atoms with Gasteiger partial charge in [-0.2, -0.15) is 13.2 Å². The monoisotopic (exact) mass is 411 g/mol. The second-order valence-corrected chi connectivity index (χ2v) is 7.05. The summed E-state index contributed by atoms with van der Waals surface area (Å²) in [6, 6.07) is 9.41. The molecule has 0 unspecified atom stereocenters. The van der Waals surface area contributed by atoms with Crippen LogP contribution in [0, 0.1) is 0 Å². The minimum atomic E-state index is -4.43. The van der Waals surface area contributed by atoms with Crippen molar-refractivity contribution in [1.82, 2.24) is 4.90 Å². The van der Waals surface area contributed by atoms with E-state index in [0.29, 0.717) is 10.7 Å². The molecule has 0 atom stereocenters. The van der Waals surface area contributed by atoms with Crippen molar-refractivity contribution in [2.24, 2.45) is 0 Å². The molecule has 0 aliphatic carbocycles. The van der Waals surface area contributed by atoms with E-state index in [1.54, 1.807) is 12.1 Å². The van der Waals surface area contributed by atoms with Crippen molar-refractivity contribution >= 4 is 28.9 Å². The van der Waals surface area contributed by atoms with E-state index in [1.165, 1.54) is 12.1 Å². The Hall–Kier alpha value is -2.25. The number of nitrogens with zero attached hydrogens (tertiary/aromatic N) is 2. The number of rotatable bonds is 4. The van der Waals surface area contributed by atoms with Gasteiger partial charge in [-0.25, -0.2) is 0 Å². The van der Waals surface area contributed by atoms with Gasteiger partial charge in [0.2, 0.25) is 0 Å². The molecule has 1 saturated heterocycles. The van der Waals surface area contributed by atoms with Crippen LogP contribution >= 0.6 is 11.6 Å². The van der Waals surface area contributed by atoms with Crippen LogP contribution in [0.25, 0.3) is 0 Å².